The van der Waals surface area contributed by atoms with Gasteiger partial charge in [0.1, 0.15) is 0 Å². The Kier molecular flexibility index (Phi) is 24.9. The summed E-state index contributed by atoms with van der Waals surface area (Å²) >= 11 is 0. The van der Waals surface area contributed by atoms with E-state index in [0.29, 0.717) is 0 Å². The Morgan fingerprint density at radius 3 is 1.06 bits per heavy atom. The van der Waals surface area contributed by atoms with Gasteiger partial charge in [-0.05, 0) is 18.8 Å². The summed E-state index contributed by atoms with van der Waals surface area (Å²) in [6, 6.07) is 0. The van der Waals surface area contributed by atoms with Crippen LogP contribution in [0.1, 0.15) is 168 Å². The molecule has 5 heteroatoms. The van der Waals surface area contributed by atoms with Crippen LogP contribution >= 0.6 is 0 Å². The van der Waals surface area contributed by atoms with E-state index in [2.05, 4.69) is 13.8 Å². The van der Waals surface area contributed by atoms with Crippen LogP contribution in [0.4, 0.5) is 0 Å². The molecule has 4 nitrogen and oxygen atoms in total. The highest BCUT2D eigenvalue weighted by molar-refractivity contribution is 7.80. The Labute approximate surface area is 208 Å². The molecule has 0 bridgehead atoms. The van der Waals surface area contributed by atoms with Gasteiger partial charge < -0.3 is 0 Å². The molecule has 0 amide bonds. The van der Waals surface area contributed by atoms with E-state index in [1.165, 1.54) is 128 Å². The Balaban J connectivity index is 3.75. The first-order valence-corrected chi connectivity index (χ1v) is 16.0. The molecule has 0 spiro atoms. The summed E-state index contributed by atoms with van der Waals surface area (Å²) in [5.41, 5.74) is 0. The van der Waals surface area contributed by atoms with Crippen molar-refractivity contribution < 1.29 is 17.2 Å². The molecule has 0 radical (unpaired) electrons. The normalized spacial score (nSPS) is 12.9. The third-order valence-electron chi connectivity index (χ3n) is 6.88. The average Bonchev–Trinajstić information content (AvgIpc) is 2.78. The van der Waals surface area contributed by atoms with Crippen molar-refractivity contribution >= 4 is 10.4 Å². The highest BCUT2D eigenvalue weighted by Gasteiger charge is 2.13. The number of hydrogen-bond donors (Lipinski definition) is 1. The second-order valence-electron chi connectivity index (χ2n) is 10.2. The molecule has 33 heavy (non-hydrogen) atoms. The molecule has 1 atom stereocenters. The van der Waals surface area contributed by atoms with Gasteiger partial charge in [0.05, 0.1) is 6.61 Å². The first-order chi connectivity index (χ1) is 16.0. The third-order valence-corrected chi connectivity index (χ3v) is 7.32. The van der Waals surface area contributed by atoms with E-state index in [9.17, 15) is 8.42 Å². The molecule has 0 saturated carbocycles. The summed E-state index contributed by atoms with van der Waals surface area (Å²) in [6.07, 6.45) is 31.1. The van der Waals surface area contributed by atoms with Gasteiger partial charge in [-0.1, -0.05) is 155 Å². The predicted molar refractivity (Wildman–Crippen MR) is 143 cm³/mol. The summed E-state index contributed by atoms with van der Waals surface area (Å²) in [6.45, 7) is 4.66. The standard InChI is InChI=1S/C28H58O4S/c1-3-5-7-9-11-13-15-16-18-20-22-24-26-28(27-32-33(29,30)31)25-23-21-19-17-14-12-10-8-6-4-2/h28H,3-27H2,1-2H3,(H,29,30,31). The summed E-state index contributed by atoms with van der Waals surface area (Å²) in [4.78, 5) is 0. The number of unbranched alkanes of at least 4 members (excludes halogenated alkanes) is 20. The minimum atomic E-state index is -4.33. The molecule has 0 aromatic carbocycles. The maximum atomic E-state index is 11.0. The first-order valence-electron chi connectivity index (χ1n) is 14.6. The van der Waals surface area contributed by atoms with Crippen LogP contribution in [-0.2, 0) is 14.6 Å². The molecule has 0 rings (SSSR count). The SMILES string of the molecule is CCCCCCCCCCCCCCC(CCCCCCCCCCCC)COS(=O)(=O)O. The zero-order chi connectivity index (χ0) is 24.5. The molecule has 0 saturated heterocycles. The van der Waals surface area contributed by atoms with Gasteiger partial charge in [-0.15, -0.1) is 0 Å². The molecule has 0 aliphatic rings. The maximum Gasteiger partial charge on any atom is 0.397 e. The third kappa shape index (κ3) is 28.0. The lowest BCUT2D eigenvalue weighted by Crippen LogP contribution is -2.14. The molecule has 0 heterocycles. The zero-order valence-electron chi connectivity index (χ0n) is 22.3. The van der Waals surface area contributed by atoms with Crippen LogP contribution in [0.15, 0.2) is 0 Å². The fourth-order valence-corrected chi connectivity index (χ4v) is 5.05. The van der Waals surface area contributed by atoms with E-state index in [4.69, 9.17) is 8.74 Å². The van der Waals surface area contributed by atoms with Gasteiger partial charge in [0.2, 0.25) is 0 Å². The van der Waals surface area contributed by atoms with Crippen molar-refractivity contribution in [1.29, 1.82) is 0 Å². The smallest absolute Gasteiger partial charge is 0.264 e. The molecule has 0 aliphatic heterocycles. The first kappa shape index (κ1) is 32.9. The summed E-state index contributed by atoms with van der Waals surface area (Å²) in [5.74, 6) is 0.240. The molecular formula is C28H58O4S. The van der Waals surface area contributed by atoms with Crippen LogP contribution in [0.3, 0.4) is 0 Å². The van der Waals surface area contributed by atoms with Crippen molar-refractivity contribution in [3.8, 4) is 0 Å². The van der Waals surface area contributed by atoms with Crippen molar-refractivity contribution in [1.82, 2.24) is 0 Å². The largest absolute Gasteiger partial charge is 0.397 e. The lowest BCUT2D eigenvalue weighted by atomic mass is 9.94. The second kappa shape index (κ2) is 25.0. The highest BCUT2D eigenvalue weighted by atomic mass is 32.3. The molecule has 0 aromatic heterocycles. The molecule has 0 fully saturated rings. The van der Waals surface area contributed by atoms with Crippen molar-refractivity contribution in [2.45, 2.75) is 168 Å². The minimum Gasteiger partial charge on any atom is -0.264 e. The van der Waals surface area contributed by atoms with Gasteiger partial charge in [0, 0.05) is 0 Å². The van der Waals surface area contributed by atoms with Gasteiger partial charge in [0.15, 0.2) is 0 Å². The van der Waals surface area contributed by atoms with E-state index in [-0.39, 0.29) is 12.5 Å². The van der Waals surface area contributed by atoms with Crippen LogP contribution in [0.5, 0.6) is 0 Å². The van der Waals surface area contributed by atoms with Gasteiger partial charge in [-0.2, -0.15) is 8.42 Å². The van der Waals surface area contributed by atoms with E-state index >= 15 is 0 Å². The van der Waals surface area contributed by atoms with Crippen LogP contribution in [0.2, 0.25) is 0 Å². The van der Waals surface area contributed by atoms with Crippen molar-refractivity contribution in [3.63, 3.8) is 0 Å². The second-order valence-corrected chi connectivity index (χ2v) is 11.3. The van der Waals surface area contributed by atoms with E-state index in [0.717, 1.165) is 25.7 Å². The molecule has 0 aromatic rings. The Morgan fingerprint density at radius 2 is 0.788 bits per heavy atom. The molecule has 200 valence electrons. The van der Waals surface area contributed by atoms with Crippen LogP contribution in [0, 0.1) is 5.92 Å². The van der Waals surface area contributed by atoms with Crippen molar-refractivity contribution in [2.24, 2.45) is 5.92 Å². The zero-order valence-corrected chi connectivity index (χ0v) is 23.2. The lowest BCUT2D eigenvalue weighted by Gasteiger charge is -2.16. The van der Waals surface area contributed by atoms with Crippen LogP contribution in [-0.4, -0.2) is 19.6 Å². The Morgan fingerprint density at radius 1 is 0.515 bits per heavy atom. The van der Waals surface area contributed by atoms with Gasteiger partial charge in [0.25, 0.3) is 0 Å². The van der Waals surface area contributed by atoms with Gasteiger partial charge in [-0.3, -0.25) is 4.55 Å². The highest BCUT2D eigenvalue weighted by Crippen LogP contribution is 2.21. The number of rotatable bonds is 27. The fraction of sp³-hybridized carbons (Fsp3) is 1.00. The van der Waals surface area contributed by atoms with Crippen molar-refractivity contribution in [2.75, 3.05) is 6.61 Å². The maximum absolute atomic E-state index is 11.0. The fourth-order valence-electron chi connectivity index (χ4n) is 4.69. The average molecular weight is 491 g/mol. The molecule has 1 unspecified atom stereocenters. The number of hydrogen-bond acceptors (Lipinski definition) is 3. The summed E-state index contributed by atoms with van der Waals surface area (Å²) in [5, 5.41) is 0. The topological polar surface area (TPSA) is 63.6 Å². The molecular weight excluding hydrogens is 432 g/mol. The van der Waals surface area contributed by atoms with Gasteiger partial charge >= 0.3 is 10.4 Å². The lowest BCUT2D eigenvalue weighted by molar-refractivity contribution is 0.204. The van der Waals surface area contributed by atoms with Crippen LogP contribution < -0.4 is 0 Å². The van der Waals surface area contributed by atoms with E-state index < -0.39 is 10.4 Å². The predicted octanol–water partition coefficient (Wildman–Crippen LogP) is 9.82. The minimum absolute atomic E-state index is 0.133. The van der Waals surface area contributed by atoms with Gasteiger partial charge in [-0.25, -0.2) is 4.18 Å². The van der Waals surface area contributed by atoms with Crippen LogP contribution in [0.25, 0.3) is 0 Å². The van der Waals surface area contributed by atoms with Crippen molar-refractivity contribution in [3.05, 3.63) is 0 Å². The molecule has 1 N–H and O–H groups in total. The summed E-state index contributed by atoms with van der Waals surface area (Å²) in [7, 11) is -4.33. The molecule has 0 aliphatic carbocycles. The van der Waals surface area contributed by atoms with E-state index in [1.54, 1.807) is 0 Å². The monoisotopic (exact) mass is 490 g/mol. The van der Waals surface area contributed by atoms with E-state index in [1.807, 2.05) is 0 Å². The summed E-state index contributed by atoms with van der Waals surface area (Å²) < 4.78 is 35.6. The quantitative estimate of drug-likeness (QED) is 0.0919. The Hall–Kier alpha value is -0.130. The Bertz CT molecular complexity index is 478.